The Morgan fingerprint density at radius 2 is 2.05 bits per heavy atom. The van der Waals surface area contributed by atoms with Gasteiger partial charge in [0.15, 0.2) is 0 Å². The zero-order valence-corrected chi connectivity index (χ0v) is 12.5. The van der Waals surface area contributed by atoms with Crippen LogP contribution in [0, 0.1) is 0 Å². The third kappa shape index (κ3) is 3.73. The number of nitrogens with zero attached hydrogens (tertiary/aromatic N) is 1. The monoisotopic (exact) mass is 277 g/mol. The number of ether oxygens (including phenoxy) is 2. The van der Waals surface area contributed by atoms with Gasteiger partial charge in [-0.3, -0.25) is 4.79 Å². The van der Waals surface area contributed by atoms with Crippen LogP contribution in [0.5, 0.6) is 5.75 Å². The molecule has 1 fully saturated rings. The molecule has 0 aliphatic carbocycles. The molecule has 1 saturated heterocycles. The lowest BCUT2D eigenvalue weighted by Gasteiger charge is -2.36. The molecule has 0 aromatic heterocycles. The fraction of sp³-hybridized carbons (Fsp3) is 0.562. The standard InChI is InChI=1S/C16H23NO3/c1-12-11-20-13(2)10-17(12)16(18)9-6-14-4-7-15(19-3)8-5-14/h4-5,7-8,12-13H,6,9-11H2,1-3H3. The minimum Gasteiger partial charge on any atom is -0.497 e. The van der Waals surface area contributed by atoms with Crippen molar-refractivity contribution >= 4 is 5.91 Å². The molecule has 4 heteroatoms. The summed E-state index contributed by atoms with van der Waals surface area (Å²) < 4.78 is 10.7. The zero-order valence-electron chi connectivity index (χ0n) is 12.5. The van der Waals surface area contributed by atoms with Crippen molar-refractivity contribution in [3.63, 3.8) is 0 Å². The van der Waals surface area contributed by atoms with Crippen molar-refractivity contribution < 1.29 is 14.3 Å². The van der Waals surface area contributed by atoms with Gasteiger partial charge in [0.2, 0.25) is 5.91 Å². The molecule has 2 rings (SSSR count). The number of hydrogen-bond donors (Lipinski definition) is 0. The first-order valence-electron chi connectivity index (χ1n) is 7.14. The van der Waals surface area contributed by atoms with E-state index >= 15 is 0 Å². The number of rotatable bonds is 4. The number of morpholine rings is 1. The maximum Gasteiger partial charge on any atom is 0.223 e. The Balaban J connectivity index is 1.87. The van der Waals surface area contributed by atoms with Crippen LogP contribution in [0.1, 0.15) is 25.8 Å². The van der Waals surface area contributed by atoms with Gasteiger partial charge in [0, 0.05) is 13.0 Å². The van der Waals surface area contributed by atoms with Crippen LogP contribution < -0.4 is 4.74 Å². The third-order valence-electron chi connectivity index (χ3n) is 3.71. The van der Waals surface area contributed by atoms with Crippen LogP contribution in [-0.2, 0) is 16.0 Å². The Morgan fingerprint density at radius 3 is 2.70 bits per heavy atom. The van der Waals surface area contributed by atoms with Crippen LogP contribution in [-0.4, -0.2) is 43.2 Å². The summed E-state index contributed by atoms with van der Waals surface area (Å²) in [5.41, 5.74) is 1.16. The molecule has 1 aromatic carbocycles. The average molecular weight is 277 g/mol. The highest BCUT2D eigenvalue weighted by Crippen LogP contribution is 2.16. The second-order valence-corrected chi connectivity index (χ2v) is 5.39. The third-order valence-corrected chi connectivity index (χ3v) is 3.71. The van der Waals surface area contributed by atoms with Crippen LogP contribution in [0.4, 0.5) is 0 Å². The van der Waals surface area contributed by atoms with Gasteiger partial charge >= 0.3 is 0 Å². The van der Waals surface area contributed by atoms with Gasteiger partial charge in [-0.2, -0.15) is 0 Å². The van der Waals surface area contributed by atoms with Gasteiger partial charge in [-0.1, -0.05) is 12.1 Å². The van der Waals surface area contributed by atoms with Crippen LogP contribution in [0.3, 0.4) is 0 Å². The largest absolute Gasteiger partial charge is 0.497 e. The molecule has 0 bridgehead atoms. The number of carbonyl (C=O) groups is 1. The van der Waals surface area contributed by atoms with E-state index in [-0.39, 0.29) is 18.1 Å². The molecule has 0 N–H and O–H groups in total. The molecule has 2 unspecified atom stereocenters. The van der Waals surface area contributed by atoms with Crippen LogP contribution in [0.15, 0.2) is 24.3 Å². The molecule has 1 aromatic rings. The van der Waals surface area contributed by atoms with E-state index in [1.54, 1.807) is 7.11 Å². The first-order valence-corrected chi connectivity index (χ1v) is 7.14. The number of aryl methyl sites for hydroxylation is 1. The maximum atomic E-state index is 12.3. The summed E-state index contributed by atoms with van der Waals surface area (Å²) in [5, 5.41) is 0. The number of amides is 1. The van der Waals surface area contributed by atoms with Gasteiger partial charge in [0.05, 0.1) is 25.9 Å². The molecule has 1 aliphatic rings. The highest BCUT2D eigenvalue weighted by atomic mass is 16.5. The fourth-order valence-electron chi connectivity index (χ4n) is 2.44. The van der Waals surface area contributed by atoms with E-state index in [2.05, 4.69) is 0 Å². The number of benzene rings is 1. The van der Waals surface area contributed by atoms with E-state index in [0.717, 1.165) is 17.7 Å². The summed E-state index contributed by atoms with van der Waals surface area (Å²) in [7, 11) is 1.65. The molecule has 0 radical (unpaired) electrons. The van der Waals surface area contributed by atoms with Gasteiger partial charge in [0.25, 0.3) is 0 Å². The smallest absolute Gasteiger partial charge is 0.223 e. The minimum atomic E-state index is 0.135. The Hall–Kier alpha value is -1.55. The molecule has 1 heterocycles. The molecule has 110 valence electrons. The van der Waals surface area contributed by atoms with Crippen molar-refractivity contribution in [3.8, 4) is 5.75 Å². The van der Waals surface area contributed by atoms with E-state index in [9.17, 15) is 4.79 Å². The van der Waals surface area contributed by atoms with Crippen molar-refractivity contribution in [2.75, 3.05) is 20.3 Å². The van der Waals surface area contributed by atoms with Crippen LogP contribution in [0.2, 0.25) is 0 Å². The minimum absolute atomic E-state index is 0.135. The lowest BCUT2D eigenvalue weighted by Crippen LogP contribution is -2.50. The summed E-state index contributed by atoms with van der Waals surface area (Å²) in [6.45, 7) is 5.38. The Morgan fingerprint density at radius 1 is 1.35 bits per heavy atom. The molecule has 4 nitrogen and oxygen atoms in total. The van der Waals surface area contributed by atoms with Gasteiger partial charge < -0.3 is 14.4 Å². The number of carbonyl (C=O) groups excluding carboxylic acids is 1. The van der Waals surface area contributed by atoms with E-state index in [1.165, 1.54) is 0 Å². The summed E-state index contributed by atoms with van der Waals surface area (Å²) in [6, 6.07) is 8.06. The van der Waals surface area contributed by atoms with Crippen molar-refractivity contribution in [1.82, 2.24) is 4.90 Å². The van der Waals surface area contributed by atoms with Gasteiger partial charge in [0.1, 0.15) is 5.75 Å². The summed E-state index contributed by atoms with van der Waals surface area (Å²) in [4.78, 5) is 14.2. The van der Waals surface area contributed by atoms with Crippen molar-refractivity contribution in [1.29, 1.82) is 0 Å². The molecule has 1 amide bonds. The first kappa shape index (κ1) is 14.9. The van der Waals surface area contributed by atoms with Gasteiger partial charge in [-0.05, 0) is 38.0 Å². The number of hydrogen-bond acceptors (Lipinski definition) is 3. The van der Waals surface area contributed by atoms with E-state index in [1.807, 2.05) is 43.0 Å². The Kier molecular flexibility index (Phi) is 5.01. The second-order valence-electron chi connectivity index (χ2n) is 5.39. The average Bonchev–Trinajstić information content (AvgIpc) is 2.47. The fourth-order valence-corrected chi connectivity index (χ4v) is 2.44. The van der Waals surface area contributed by atoms with E-state index in [4.69, 9.17) is 9.47 Å². The van der Waals surface area contributed by atoms with E-state index in [0.29, 0.717) is 19.6 Å². The topological polar surface area (TPSA) is 38.8 Å². The predicted molar refractivity (Wildman–Crippen MR) is 77.9 cm³/mol. The highest BCUT2D eigenvalue weighted by molar-refractivity contribution is 5.77. The quantitative estimate of drug-likeness (QED) is 0.847. The van der Waals surface area contributed by atoms with E-state index < -0.39 is 0 Å². The molecule has 20 heavy (non-hydrogen) atoms. The van der Waals surface area contributed by atoms with Crippen molar-refractivity contribution in [3.05, 3.63) is 29.8 Å². The van der Waals surface area contributed by atoms with Crippen LogP contribution in [0.25, 0.3) is 0 Å². The Labute approximate surface area is 120 Å². The molecule has 2 atom stereocenters. The molecular formula is C16H23NO3. The van der Waals surface area contributed by atoms with Crippen molar-refractivity contribution in [2.45, 2.75) is 38.8 Å². The number of methoxy groups -OCH3 is 1. The van der Waals surface area contributed by atoms with Crippen molar-refractivity contribution in [2.24, 2.45) is 0 Å². The zero-order chi connectivity index (χ0) is 14.5. The highest BCUT2D eigenvalue weighted by Gasteiger charge is 2.26. The lowest BCUT2D eigenvalue weighted by molar-refractivity contribution is -0.143. The molecule has 0 saturated carbocycles. The molecule has 0 spiro atoms. The lowest BCUT2D eigenvalue weighted by atomic mass is 10.1. The summed E-state index contributed by atoms with van der Waals surface area (Å²) in [6.07, 6.45) is 1.45. The summed E-state index contributed by atoms with van der Waals surface area (Å²) in [5.74, 6) is 1.05. The normalized spacial score (nSPS) is 22.6. The first-order chi connectivity index (χ1) is 9.60. The van der Waals surface area contributed by atoms with Gasteiger partial charge in [-0.25, -0.2) is 0 Å². The second kappa shape index (κ2) is 6.75. The Bertz CT molecular complexity index is 444. The summed E-state index contributed by atoms with van der Waals surface area (Å²) >= 11 is 0. The molecule has 1 aliphatic heterocycles. The van der Waals surface area contributed by atoms with Gasteiger partial charge in [-0.15, -0.1) is 0 Å². The van der Waals surface area contributed by atoms with Crippen LogP contribution >= 0.6 is 0 Å². The SMILES string of the molecule is COc1ccc(CCC(=O)N2CC(C)OCC2C)cc1. The molecular weight excluding hydrogens is 254 g/mol. The maximum absolute atomic E-state index is 12.3. The predicted octanol–water partition coefficient (Wildman–Crippen LogP) is 2.26.